The number of aromatic hydroxyl groups is 1. The van der Waals surface area contributed by atoms with Crippen molar-refractivity contribution in [3.05, 3.63) is 59.7 Å². The first kappa shape index (κ1) is 14.0. The van der Waals surface area contributed by atoms with Crippen molar-refractivity contribution in [2.24, 2.45) is 0 Å². The third-order valence-electron chi connectivity index (χ3n) is 4.18. The maximum absolute atomic E-state index is 9.45. The number of para-hydroxylation sites is 1. The summed E-state index contributed by atoms with van der Waals surface area (Å²) < 4.78 is 7.06. The topological polar surface area (TPSA) is 29.5 Å². The molecule has 0 saturated heterocycles. The molecule has 0 fully saturated rings. The number of ether oxygens (including phenoxy) is 1. The van der Waals surface area contributed by atoms with Gasteiger partial charge in [-0.05, 0) is 29.8 Å². The lowest BCUT2D eigenvalue weighted by Crippen LogP contribution is -2.41. The molecule has 0 amide bonds. The maximum Gasteiger partial charge on any atom is 0.130 e. The molecule has 21 heavy (non-hydrogen) atoms. The zero-order valence-corrected chi connectivity index (χ0v) is 12.8. The van der Waals surface area contributed by atoms with E-state index in [0.717, 1.165) is 22.2 Å². The minimum atomic E-state index is 0.0304. The Kier molecular flexibility index (Phi) is 3.38. The molecule has 110 valence electrons. The zero-order chi connectivity index (χ0) is 15.0. The standard InChI is InChI=1S/C18H21NO2/c1-19(2,3)16-12-18(13-8-10-14(20)11-9-13)21-17-7-5-4-6-15(16)17/h4-11,16,18H,12H2,1-3H3/p+1. The summed E-state index contributed by atoms with van der Waals surface area (Å²) in [6, 6.07) is 16.0. The lowest BCUT2D eigenvalue weighted by atomic mass is 9.91. The Morgan fingerprint density at radius 1 is 1.00 bits per heavy atom. The fourth-order valence-corrected chi connectivity index (χ4v) is 3.02. The monoisotopic (exact) mass is 284 g/mol. The highest BCUT2D eigenvalue weighted by Gasteiger charge is 2.36. The Morgan fingerprint density at radius 3 is 2.33 bits per heavy atom. The summed E-state index contributed by atoms with van der Waals surface area (Å²) >= 11 is 0. The molecule has 1 N–H and O–H groups in total. The molecule has 3 nitrogen and oxygen atoms in total. The van der Waals surface area contributed by atoms with Gasteiger partial charge in [-0.2, -0.15) is 0 Å². The van der Waals surface area contributed by atoms with Crippen LogP contribution in [-0.4, -0.2) is 30.7 Å². The number of quaternary nitrogens is 1. The van der Waals surface area contributed by atoms with Crippen molar-refractivity contribution in [3.8, 4) is 11.5 Å². The smallest absolute Gasteiger partial charge is 0.130 e. The molecule has 0 aliphatic carbocycles. The van der Waals surface area contributed by atoms with Crippen LogP contribution in [0.15, 0.2) is 48.5 Å². The fraction of sp³-hybridized carbons (Fsp3) is 0.333. The first-order valence-corrected chi connectivity index (χ1v) is 7.31. The molecule has 3 rings (SSSR count). The Morgan fingerprint density at radius 2 is 1.67 bits per heavy atom. The lowest BCUT2D eigenvalue weighted by molar-refractivity contribution is -0.903. The minimum Gasteiger partial charge on any atom is -0.508 e. The number of phenolic OH excluding ortho intramolecular Hbond substituents is 1. The number of hydrogen-bond acceptors (Lipinski definition) is 2. The van der Waals surface area contributed by atoms with E-state index in [4.69, 9.17) is 4.74 Å². The molecule has 1 heterocycles. The van der Waals surface area contributed by atoms with Gasteiger partial charge in [-0.25, -0.2) is 0 Å². The summed E-state index contributed by atoms with van der Waals surface area (Å²) in [6.07, 6.45) is 0.966. The van der Waals surface area contributed by atoms with Gasteiger partial charge in [-0.3, -0.25) is 0 Å². The third-order valence-corrected chi connectivity index (χ3v) is 4.18. The molecule has 0 saturated carbocycles. The van der Waals surface area contributed by atoms with Crippen LogP contribution in [0.2, 0.25) is 0 Å². The molecule has 0 radical (unpaired) electrons. The first-order valence-electron chi connectivity index (χ1n) is 7.31. The predicted octanol–water partition coefficient (Wildman–Crippen LogP) is 3.66. The third kappa shape index (κ3) is 2.74. The van der Waals surface area contributed by atoms with Crippen LogP contribution in [-0.2, 0) is 0 Å². The number of benzene rings is 2. The van der Waals surface area contributed by atoms with Crippen LogP contribution >= 0.6 is 0 Å². The normalized spacial score (nSPS) is 21.5. The van der Waals surface area contributed by atoms with E-state index in [2.05, 4.69) is 33.3 Å². The van der Waals surface area contributed by atoms with E-state index in [0.29, 0.717) is 6.04 Å². The van der Waals surface area contributed by atoms with Gasteiger partial charge in [0.25, 0.3) is 0 Å². The van der Waals surface area contributed by atoms with E-state index in [9.17, 15) is 5.11 Å². The van der Waals surface area contributed by atoms with Crippen LogP contribution in [0.1, 0.15) is 29.7 Å². The largest absolute Gasteiger partial charge is 0.508 e. The molecule has 0 aromatic heterocycles. The van der Waals surface area contributed by atoms with Gasteiger partial charge in [0.2, 0.25) is 0 Å². The van der Waals surface area contributed by atoms with Crippen molar-refractivity contribution in [2.45, 2.75) is 18.6 Å². The molecule has 1 aliphatic rings. The van der Waals surface area contributed by atoms with E-state index in [-0.39, 0.29) is 11.9 Å². The fourth-order valence-electron chi connectivity index (χ4n) is 3.02. The number of nitrogens with zero attached hydrogens (tertiary/aromatic N) is 1. The highest BCUT2D eigenvalue weighted by Crippen LogP contribution is 2.44. The average molecular weight is 284 g/mol. The van der Waals surface area contributed by atoms with Gasteiger partial charge in [0.05, 0.1) is 26.7 Å². The highest BCUT2D eigenvalue weighted by atomic mass is 16.5. The van der Waals surface area contributed by atoms with Crippen LogP contribution in [0.3, 0.4) is 0 Å². The van der Waals surface area contributed by atoms with E-state index < -0.39 is 0 Å². The van der Waals surface area contributed by atoms with Gasteiger partial charge in [0, 0.05) is 6.42 Å². The Hall–Kier alpha value is -2.00. The number of phenols is 1. The second-order valence-electron chi connectivity index (χ2n) is 6.60. The molecule has 2 aromatic rings. The highest BCUT2D eigenvalue weighted by molar-refractivity contribution is 5.39. The molecular formula is C18H22NO2+. The Balaban J connectivity index is 1.99. The second kappa shape index (κ2) is 5.08. The molecule has 2 aromatic carbocycles. The molecule has 0 bridgehead atoms. The van der Waals surface area contributed by atoms with E-state index in [1.54, 1.807) is 12.1 Å². The average Bonchev–Trinajstić information content (AvgIpc) is 2.46. The quantitative estimate of drug-likeness (QED) is 0.853. The molecule has 0 spiro atoms. The van der Waals surface area contributed by atoms with Crippen molar-refractivity contribution in [3.63, 3.8) is 0 Å². The number of rotatable bonds is 2. The van der Waals surface area contributed by atoms with Crippen molar-refractivity contribution in [1.29, 1.82) is 0 Å². The number of hydrogen-bond donors (Lipinski definition) is 1. The van der Waals surface area contributed by atoms with Gasteiger partial charge in [-0.1, -0.05) is 24.3 Å². The molecular weight excluding hydrogens is 262 g/mol. The summed E-state index contributed by atoms with van der Waals surface area (Å²) in [7, 11) is 6.67. The Labute approximate surface area is 126 Å². The van der Waals surface area contributed by atoms with Crippen molar-refractivity contribution < 1.29 is 14.3 Å². The maximum atomic E-state index is 9.45. The summed E-state index contributed by atoms with van der Waals surface area (Å²) in [5, 5.41) is 9.45. The molecule has 2 unspecified atom stereocenters. The Bertz CT molecular complexity index is 628. The van der Waals surface area contributed by atoms with Crippen molar-refractivity contribution in [1.82, 2.24) is 0 Å². The van der Waals surface area contributed by atoms with E-state index in [1.807, 2.05) is 24.3 Å². The van der Waals surface area contributed by atoms with Crippen LogP contribution in [0, 0.1) is 0 Å². The first-order chi connectivity index (χ1) is 9.95. The molecule has 1 aliphatic heterocycles. The second-order valence-corrected chi connectivity index (χ2v) is 6.60. The predicted molar refractivity (Wildman–Crippen MR) is 83.3 cm³/mol. The molecule has 2 atom stereocenters. The summed E-state index contributed by atoms with van der Waals surface area (Å²) in [5.74, 6) is 1.26. The lowest BCUT2D eigenvalue weighted by Gasteiger charge is -2.40. The van der Waals surface area contributed by atoms with Crippen LogP contribution < -0.4 is 4.74 Å². The van der Waals surface area contributed by atoms with Gasteiger partial charge in [-0.15, -0.1) is 0 Å². The van der Waals surface area contributed by atoms with Crippen molar-refractivity contribution in [2.75, 3.05) is 21.1 Å². The summed E-state index contributed by atoms with van der Waals surface area (Å²) in [6.45, 7) is 0. The van der Waals surface area contributed by atoms with E-state index in [1.165, 1.54) is 5.56 Å². The van der Waals surface area contributed by atoms with Crippen molar-refractivity contribution >= 4 is 0 Å². The van der Waals surface area contributed by atoms with Gasteiger partial charge >= 0.3 is 0 Å². The molecule has 3 heteroatoms. The van der Waals surface area contributed by atoms with Gasteiger partial charge in [0.1, 0.15) is 23.6 Å². The number of fused-ring (bicyclic) bond motifs is 1. The summed E-state index contributed by atoms with van der Waals surface area (Å²) in [5.41, 5.74) is 2.39. The van der Waals surface area contributed by atoms with Crippen LogP contribution in [0.25, 0.3) is 0 Å². The van der Waals surface area contributed by atoms with Gasteiger partial charge < -0.3 is 14.3 Å². The van der Waals surface area contributed by atoms with Gasteiger partial charge in [0.15, 0.2) is 0 Å². The SMILES string of the molecule is C[N+](C)(C)C1CC(c2ccc(O)cc2)Oc2ccccc21. The zero-order valence-electron chi connectivity index (χ0n) is 12.8. The summed E-state index contributed by atoms with van der Waals surface area (Å²) in [4.78, 5) is 0. The van der Waals surface area contributed by atoms with E-state index >= 15 is 0 Å². The van der Waals surface area contributed by atoms with Crippen LogP contribution in [0.5, 0.6) is 11.5 Å². The minimum absolute atomic E-state index is 0.0304. The van der Waals surface area contributed by atoms with Crippen LogP contribution in [0.4, 0.5) is 0 Å².